The van der Waals surface area contributed by atoms with Crippen LogP contribution in [-0.2, 0) is 11.2 Å². The summed E-state index contributed by atoms with van der Waals surface area (Å²) in [6.07, 6.45) is 0.758. The Labute approximate surface area is 132 Å². The maximum Gasteiger partial charge on any atom is 0.317 e. The summed E-state index contributed by atoms with van der Waals surface area (Å²) in [7, 11) is 3.50. The Morgan fingerprint density at radius 1 is 1.45 bits per heavy atom. The number of nitrogens with zero attached hydrogens (tertiary/aromatic N) is 1. The van der Waals surface area contributed by atoms with E-state index in [1.807, 2.05) is 38.2 Å². The van der Waals surface area contributed by atoms with Crippen molar-refractivity contribution in [3.05, 3.63) is 29.8 Å². The number of amides is 2. The van der Waals surface area contributed by atoms with E-state index in [2.05, 4.69) is 12.2 Å². The van der Waals surface area contributed by atoms with E-state index in [1.54, 1.807) is 12.0 Å². The van der Waals surface area contributed by atoms with E-state index < -0.39 is 0 Å². The highest BCUT2D eigenvalue weighted by atomic mass is 16.5. The van der Waals surface area contributed by atoms with Crippen molar-refractivity contribution in [1.82, 2.24) is 10.2 Å². The van der Waals surface area contributed by atoms with Gasteiger partial charge in [-0.1, -0.05) is 25.1 Å². The van der Waals surface area contributed by atoms with Crippen LogP contribution in [0.1, 0.15) is 19.4 Å². The second-order valence-electron chi connectivity index (χ2n) is 6.44. The van der Waals surface area contributed by atoms with Crippen molar-refractivity contribution < 1.29 is 14.3 Å². The Morgan fingerprint density at radius 3 is 2.73 bits per heavy atom. The Hall–Kier alpha value is -1.75. The van der Waals surface area contributed by atoms with Gasteiger partial charge in [-0.15, -0.1) is 0 Å². The maximum atomic E-state index is 12.3. The van der Waals surface area contributed by atoms with Gasteiger partial charge in [-0.05, 0) is 25.0 Å². The molecule has 1 aromatic carbocycles. The van der Waals surface area contributed by atoms with Crippen LogP contribution in [-0.4, -0.2) is 50.9 Å². The zero-order chi connectivity index (χ0) is 16.2. The first kappa shape index (κ1) is 16.6. The highest BCUT2D eigenvalue weighted by Crippen LogP contribution is 2.25. The smallest absolute Gasteiger partial charge is 0.317 e. The monoisotopic (exact) mass is 306 g/mol. The summed E-state index contributed by atoms with van der Waals surface area (Å²) in [6, 6.07) is 7.96. The Balaban J connectivity index is 1.87. The minimum absolute atomic E-state index is 0.0458. The Bertz CT molecular complexity index is 514. The first-order chi connectivity index (χ1) is 10.4. The van der Waals surface area contributed by atoms with E-state index in [1.165, 1.54) is 0 Å². The predicted octanol–water partition coefficient (Wildman–Crippen LogP) is 2.30. The molecule has 2 amide bonds. The molecular weight excluding hydrogens is 280 g/mol. The highest BCUT2D eigenvalue weighted by Gasteiger charge is 2.34. The lowest BCUT2D eigenvalue weighted by molar-refractivity contribution is -0.0978. The lowest BCUT2D eigenvalue weighted by Gasteiger charge is -2.38. The van der Waals surface area contributed by atoms with Crippen LogP contribution >= 0.6 is 0 Å². The summed E-state index contributed by atoms with van der Waals surface area (Å²) in [4.78, 5) is 14.0. The van der Waals surface area contributed by atoms with E-state index in [0.717, 1.165) is 17.7 Å². The highest BCUT2D eigenvalue weighted by molar-refractivity contribution is 5.74. The zero-order valence-corrected chi connectivity index (χ0v) is 13.9. The number of carbonyl (C=O) groups excluding carboxylic acids is 1. The van der Waals surface area contributed by atoms with Gasteiger partial charge in [-0.25, -0.2) is 4.79 Å². The number of methoxy groups -OCH3 is 1. The minimum atomic E-state index is -0.0458. The van der Waals surface area contributed by atoms with Crippen LogP contribution in [0.3, 0.4) is 0 Å². The number of para-hydroxylation sites is 1. The van der Waals surface area contributed by atoms with E-state index in [9.17, 15) is 4.79 Å². The number of hydrogen-bond donors (Lipinski definition) is 1. The Kier molecular flexibility index (Phi) is 5.29. The van der Waals surface area contributed by atoms with Crippen LogP contribution < -0.4 is 10.1 Å². The third kappa shape index (κ3) is 3.91. The van der Waals surface area contributed by atoms with Gasteiger partial charge in [0.2, 0.25) is 0 Å². The molecule has 1 fully saturated rings. The minimum Gasteiger partial charge on any atom is -0.496 e. The van der Waals surface area contributed by atoms with Gasteiger partial charge < -0.3 is 19.7 Å². The van der Waals surface area contributed by atoms with Gasteiger partial charge in [0.1, 0.15) is 5.75 Å². The predicted molar refractivity (Wildman–Crippen MR) is 86.2 cm³/mol. The summed E-state index contributed by atoms with van der Waals surface area (Å²) in [5.41, 5.74) is 1.19. The van der Waals surface area contributed by atoms with Crippen LogP contribution in [0, 0.1) is 5.41 Å². The first-order valence-electron chi connectivity index (χ1n) is 7.65. The fourth-order valence-electron chi connectivity index (χ4n) is 2.49. The average Bonchev–Trinajstić information content (AvgIpc) is 2.50. The number of urea groups is 1. The van der Waals surface area contributed by atoms with Gasteiger partial charge in [0.15, 0.2) is 0 Å². The largest absolute Gasteiger partial charge is 0.496 e. The van der Waals surface area contributed by atoms with Crippen molar-refractivity contribution in [3.63, 3.8) is 0 Å². The van der Waals surface area contributed by atoms with E-state index in [0.29, 0.717) is 19.8 Å². The van der Waals surface area contributed by atoms with Crippen LogP contribution in [0.5, 0.6) is 5.75 Å². The van der Waals surface area contributed by atoms with Gasteiger partial charge >= 0.3 is 6.03 Å². The number of rotatable bonds is 6. The van der Waals surface area contributed by atoms with Crippen molar-refractivity contribution in [3.8, 4) is 5.75 Å². The second-order valence-corrected chi connectivity index (χ2v) is 6.44. The third-order valence-electron chi connectivity index (χ3n) is 4.26. The van der Waals surface area contributed by atoms with Crippen LogP contribution in [0.4, 0.5) is 4.79 Å². The van der Waals surface area contributed by atoms with Gasteiger partial charge in [-0.3, -0.25) is 0 Å². The second kappa shape index (κ2) is 7.01. The fraction of sp³-hybridized carbons (Fsp3) is 0.588. The molecule has 1 heterocycles. The molecule has 122 valence electrons. The number of benzene rings is 1. The third-order valence-corrected chi connectivity index (χ3v) is 4.26. The molecule has 1 aliphatic heterocycles. The van der Waals surface area contributed by atoms with E-state index >= 15 is 0 Å². The standard InChI is InChI=1S/C17H26N2O3/c1-13(9-14-7-5-6-8-15(14)21-4)19(3)16(20)18-10-17(2)11-22-12-17/h5-8,13H,9-12H2,1-4H3,(H,18,20). The topological polar surface area (TPSA) is 50.8 Å². The number of likely N-dealkylation sites (N-methyl/N-ethyl adjacent to an activating group) is 1. The molecule has 1 unspecified atom stereocenters. The summed E-state index contributed by atoms with van der Waals surface area (Å²) in [6.45, 7) is 6.24. The molecule has 1 saturated heterocycles. The summed E-state index contributed by atoms with van der Waals surface area (Å²) in [5, 5.41) is 3.00. The SMILES string of the molecule is COc1ccccc1CC(C)N(C)C(=O)NCC1(C)COC1. The summed E-state index contributed by atoms with van der Waals surface area (Å²) < 4.78 is 10.6. The quantitative estimate of drug-likeness (QED) is 0.877. The first-order valence-corrected chi connectivity index (χ1v) is 7.65. The van der Waals surface area contributed by atoms with Crippen LogP contribution in [0.2, 0.25) is 0 Å². The molecule has 1 atom stereocenters. The molecule has 0 aliphatic carbocycles. The average molecular weight is 306 g/mol. The number of hydrogen-bond acceptors (Lipinski definition) is 3. The molecule has 0 aromatic heterocycles. The summed E-state index contributed by atoms with van der Waals surface area (Å²) >= 11 is 0. The van der Waals surface area contributed by atoms with Gasteiger partial charge in [0.05, 0.1) is 20.3 Å². The molecule has 0 radical (unpaired) electrons. The number of carbonyl (C=O) groups is 1. The van der Waals surface area contributed by atoms with Crippen molar-refractivity contribution in [1.29, 1.82) is 0 Å². The molecule has 5 heteroatoms. The number of ether oxygens (including phenoxy) is 2. The zero-order valence-electron chi connectivity index (χ0n) is 13.9. The molecule has 5 nitrogen and oxygen atoms in total. The van der Waals surface area contributed by atoms with Gasteiger partial charge in [-0.2, -0.15) is 0 Å². The lowest BCUT2D eigenvalue weighted by atomic mass is 9.89. The van der Waals surface area contributed by atoms with Gasteiger partial charge in [0, 0.05) is 25.0 Å². The molecule has 2 rings (SSSR count). The molecule has 0 spiro atoms. The van der Waals surface area contributed by atoms with Crippen molar-refractivity contribution in [2.45, 2.75) is 26.3 Å². The molecule has 1 aromatic rings. The van der Waals surface area contributed by atoms with Crippen molar-refractivity contribution >= 4 is 6.03 Å². The van der Waals surface area contributed by atoms with E-state index in [-0.39, 0.29) is 17.5 Å². The molecule has 22 heavy (non-hydrogen) atoms. The van der Waals surface area contributed by atoms with Gasteiger partial charge in [0.25, 0.3) is 0 Å². The molecular formula is C17H26N2O3. The van der Waals surface area contributed by atoms with Crippen molar-refractivity contribution in [2.75, 3.05) is 33.9 Å². The normalized spacial score (nSPS) is 17.3. The van der Waals surface area contributed by atoms with Crippen LogP contribution in [0.15, 0.2) is 24.3 Å². The number of nitrogens with one attached hydrogen (secondary N) is 1. The molecule has 1 aliphatic rings. The fourth-order valence-corrected chi connectivity index (χ4v) is 2.49. The Morgan fingerprint density at radius 2 is 2.14 bits per heavy atom. The maximum absolute atomic E-state index is 12.3. The lowest BCUT2D eigenvalue weighted by Crippen LogP contribution is -2.52. The van der Waals surface area contributed by atoms with Crippen LogP contribution in [0.25, 0.3) is 0 Å². The molecule has 1 N–H and O–H groups in total. The summed E-state index contributed by atoms with van der Waals surface area (Å²) in [5.74, 6) is 0.863. The van der Waals surface area contributed by atoms with Crippen molar-refractivity contribution in [2.24, 2.45) is 5.41 Å². The van der Waals surface area contributed by atoms with E-state index in [4.69, 9.17) is 9.47 Å². The molecule has 0 bridgehead atoms. The molecule has 0 saturated carbocycles.